The van der Waals surface area contributed by atoms with Crippen LogP contribution in [0.5, 0.6) is 0 Å². The molecule has 0 radical (unpaired) electrons. The van der Waals surface area contributed by atoms with Gasteiger partial charge in [-0.3, -0.25) is 4.79 Å². The molecule has 3 atom stereocenters. The zero-order chi connectivity index (χ0) is 13.7. The number of carbonyl (C=O) groups excluding carboxylic acids is 1. The fraction of sp³-hybridized carbons (Fsp3) is 0.357. The summed E-state index contributed by atoms with van der Waals surface area (Å²) in [6.45, 7) is 0.329. The van der Waals surface area contributed by atoms with Gasteiger partial charge in [0.1, 0.15) is 12.2 Å². The standard InChI is InChI=1S/C14H16O5/c1-17-14-13(12(16)7-11(8-15)19-14)18-9-10-5-3-2-4-6-10/h2-8,12-14,16H,9H2,1H3/t12-,13+,14-/m0/s1. The smallest absolute Gasteiger partial charge is 0.229 e. The average Bonchev–Trinajstić information content (AvgIpc) is 2.46. The molecule has 0 bridgehead atoms. The molecular formula is C14H16O5. The van der Waals surface area contributed by atoms with Crippen molar-refractivity contribution in [3.05, 3.63) is 47.7 Å². The van der Waals surface area contributed by atoms with Crippen LogP contribution in [0.25, 0.3) is 0 Å². The number of rotatable bonds is 5. The van der Waals surface area contributed by atoms with Crippen molar-refractivity contribution in [3.63, 3.8) is 0 Å². The topological polar surface area (TPSA) is 65.0 Å². The number of aliphatic hydroxyl groups is 1. The minimum atomic E-state index is -0.942. The summed E-state index contributed by atoms with van der Waals surface area (Å²) in [6, 6.07) is 9.57. The molecule has 102 valence electrons. The molecule has 1 aliphatic rings. The molecule has 1 heterocycles. The highest BCUT2D eigenvalue weighted by Crippen LogP contribution is 2.21. The van der Waals surface area contributed by atoms with Gasteiger partial charge in [-0.1, -0.05) is 30.3 Å². The molecule has 0 saturated carbocycles. The minimum Gasteiger partial charge on any atom is -0.459 e. The lowest BCUT2D eigenvalue weighted by Gasteiger charge is -2.32. The molecule has 0 aliphatic carbocycles. The summed E-state index contributed by atoms with van der Waals surface area (Å²) >= 11 is 0. The third-order valence-electron chi connectivity index (χ3n) is 2.83. The van der Waals surface area contributed by atoms with E-state index < -0.39 is 18.5 Å². The van der Waals surface area contributed by atoms with Crippen molar-refractivity contribution in [2.45, 2.75) is 25.1 Å². The zero-order valence-electron chi connectivity index (χ0n) is 10.6. The molecule has 5 nitrogen and oxygen atoms in total. The number of carbonyl (C=O) groups is 1. The fourth-order valence-corrected chi connectivity index (χ4v) is 1.86. The van der Waals surface area contributed by atoms with Gasteiger partial charge >= 0.3 is 0 Å². The Balaban J connectivity index is 2.02. The number of hydrogen-bond donors (Lipinski definition) is 1. The predicted octanol–water partition coefficient (Wildman–Crippen LogP) is 1.02. The van der Waals surface area contributed by atoms with Gasteiger partial charge in [-0.05, 0) is 11.6 Å². The van der Waals surface area contributed by atoms with Crippen molar-refractivity contribution >= 4 is 6.29 Å². The van der Waals surface area contributed by atoms with Crippen molar-refractivity contribution in [1.29, 1.82) is 0 Å². The number of ether oxygens (including phenoxy) is 3. The van der Waals surface area contributed by atoms with E-state index in [0.717, 1.165) is 5.56 Å². The first kappa shape index (κ1) is 13.7. The van der Waals surface area contributed by atoms with E-state index in [2.05, 4.69) is 0 Å². The molecule has 0 unspecified atom stereocenters. The van der Waals surface area contributed by atoms with Crippen LogP contribution in [0.1, 0.15) is 5.56 Å². The van der Waals surface area contributed by atoms with Gasteiger partial charge in [0.25, 0.3) is 0 Å². The molecule has 1 aliphatic heterocycles. The summed E-state index contributed by atoms with van der Waals surface area (Å²) in [6.07, 6.45) is -0.568. The molecule has 1 N–H and O–H groups in total. The summed E-state index contributed by atoms with van der Waals surface area (Å²) in [4.78, 5) is 10.7. The number of aliphatic hydroxyl groups excluding tert-OH is 1. The summed E-state index contributed by atoms with van der Waals surface area (Å²) in [7, 11) is 1.43. The van der Waals surface area contributed by atoms with Gasteiger partial charge in [-0.2, -0.15) is 0 Å². The first-order valence-corrected chi connectivity index (χ1v) is 5.94. The van der Waals surface area contributed by atoms with E-state index in [9.17, 15) is 9.90 Å². The lowest BCUT2D eigenvalue weighted by molar-refractivity contribution is -0.210. The quantitative estimate of drug-likeness (QED) is 0.804. The predicted molar refractivity (Wildman–Crippen MR) is 67.1 cm³/mol. The largest absolute Gasteiger partial charge is 0.459 e. The normalized spacial score (nSPS) is 26.4. The molecule has 19 heavy (non-hydrogen) atoms. The molecule has 5 heteroatoms. The van der Waals surface area contributed by atoms with Gasteiger partial charge < -0.3 is 19.3 Å². The second kappa shape index (κ2) is 6.47. The zero-order valence-corrected chi connectivity index (χ0v) is 10.6. The third-order valence-corrected chi connectivity index (χ3v) is 2.83. The lowest BCUT2D eigenvalue weighted by atomic mass is 10.1. The van der Waals surface area contributed by atoms with E-state index in [1.165, 1.54) is 13.2 Å². The van der Waals surface area contributed by atoms with Crippen LogP contribution in [0.15, 0.2) is 42.2 Å². The Hall–Kier alpha value is -1.69. The number of allylic oxidation sites excluding steroid dienone is 1. The van der Waals surface area contributed by atoms with Crippen LogP contribution in [0.2, 0.25) is 0 Å². The van der Waals surface area contributed by atoms with Crippen LogP contribution in [-0.2, 0) is 25.6 Å². The maximum atomic E-state index is 10.7. The molecule has 0 saturated heterocycles. The van der Waals surface area contributed by atoms with Gasteiger partial charge in [0.05, 0.1) is 6.61 Å². The second-order valence-corrected chi connectivity index (χ2v) is 4.16. The van der Waals surface area contributed by atoms with Crippen LogP contribution in [0.3, 0.4) is 0 Å². The first-order valence-electron chi connectivity index (χ1n) is 5.94. The van der Waals surface area contributed by atoms with Gasteiger partial charge in [0, 0.05) is 7.11 Å². The Morgan fingerprint density at radius 1 is 1.37 bits per heavy atom. The number of hydrogen-bond acceptors (Lipinski definition) is 5. The molecule has 0 spiro atoms. The van der Waals surface area contributed by atoms with Crippen molar-refractivity contribution < 1.29 is 24.1 Å². The van der Waals surface area contributed by atoms with Crippen LogP contribution >= 0.6 is 0 Å². The lowest BCUT2D eigenvalue weighted by Crippen LogP contribution is -2.44. The van der Waals surface area contributed by atoms with Gasteiger partial charge in [-0.15, -0.1) is 0 Å². The van der Waals surface area contributed by atoms with Crippen molar-refractivity contribution in [1.82, 2.24) is 0 Å². The Bertz CT molecular complexity index is 442. The number of aldehydes is 1. The van der Waals surface area contributed by atoms with Crippen LogP contribution in [-0.4, -0.2) is 37.0 Å². The number of benzene rings is 1. The maximum absolute atomic E-state index is 10.7. The highest BCUT2D eigenvalue weighted by molar-refractivity contribution is 5.70. The van der Waals surface area contributed by atoms with Gasteiger partial charge in [-0.25, -0.2) is 0 Å². The van der Waals surface area contributed by atoms with Crippen LogP contribution < -0.4 is 0 Å². The molecule has 0 aromatic heterocycles. The summed E-state index contributed by atoms with van der Waals surface area (Å²) < 4.78 is 15.9. The minimum absolute atomic E-state index is 0.0545. The molecule has 1 aromatic rings. The SMILES string of the molecule is CO[C@H]1OC(C=O)=C[C@H](O)[C@H]1OCc1ccccc1. The molecule has 2 rings (SSSR count). The third kappa shape index (κ3) is 3.41. The Morgan fingerprint density at radius 2 is 2.11 bits per heavy atom. The average molecular weight is 264 g/mol. The van der Waals surface area contributed by atoms with E-state index in [4.69, 9.17) is 14.2 Å². The Morgan fingerprint density at radius 3 is 2.74 bits per heavy atom. The summed E-state index contributed by atoms with van der Waals surface area (Å²) in [5.74, 6) is 0.0545. The van der Waals surface area contributed by atoms with Crippen molar-refractivity contribution in [3.8, 4) is 0 Å². The van der Waals surface area contributed by atoms with E-state index in [-0.39, 0.29) is 5.76 Å². The summed E-state index contributed by atoms with van der Waals surface area (Å²) in [5.41, 5.74) is 0.981. The summed E-state index contributed by atoms with van der Waals surface area (Å²) in [5, 5.41) is 9.93. The first-order chi connectivity index (χ1) is 9.24. The second-order valence-electron chi connectivity index (χ2n) is 4.16. The van der Waals surface area contributed by atoms with Crippen LogP contribution in [0.4, 0.5) is 0 Å². The highest BCUT2D eigenvalue weighted by atomic mass is 16.7. The molecular weight excluding hydrogens is 248 g/mol. The van der Waals surface area contributed by atoms with E-state index in [1.807, 2.05) is 30.3 Å². The van der Waals surface area contributed by atoms with E-state index in [0.29, 0.717) is 12.9 Å². The van der Waals surface area contributed by atoms with Crippen molar-refractivity contribution in [2.75, 3.05) is 7.11 Å². The highest BCUT2D eigenvalue weighted by Gasteiger charge is 2.35. The van der Waals surface area contributed by atoms with E-state index >= 15 is 0 Å². The molecule has 1 aromatic carbocycles. The molecule has 0 amide bonds. The van der Waals surface area contributed by atoms with Crippen LogP contribution in [0, 0.1) is 0 Å². The van der Waals surface area contributed by atoms with Gasteiger partial charge in [0.15, 0.2) is 12.0 Å². The fourth-order valence-electron chi connectivity index (χ4n) is 1.86. The monoisotopic (exact) mass is 264 g/mol. The molecule has 0 fully saturated rings. The number of methoxy groups -OCH3 is 1. The maximum Gasteiger partial charge on any atom is 0.229 e. The Labute approximate surface area is 111 Å². The Kier molecular flexibility index (Phi) is 4.68. The van der Waals surface area contributed by atoms with E-state index in [1.54, 1.807) is 0 Å². The van der Waals surface area contributed by atoms with Crippen molar-refractivity contribution in [2.24, 2.45) is 0 Å². The van der Waals surface area contributed by atoms with Gasteiger partial charge in [0.2, 0.25) is 6.29 Å².